The fourth-order valence-corrected chi connectivity index (χ4v) is 3.28. The second-order valence-electron chi connectivity index (χ2n) is 5.54. The van der Waals surface area contributed by atoms with Crippen LogP contribution in [0.1, 0.15) is 19.3 Å². The summed E-state index contributed by atoms with van der Waals surface area (Å²) in [6, 6.07) is 17.0. The zero-order valence-electron chi connectivity index (χ0n) is 11.5. The van der Waals surface area contributed by atoms with E-state index < -0.39 is 0 Å². The number of rotatable bonds is 1. The van der Waals surface area contributed by atoms with Crippen molar-refractivity contribution in [3.05, 3.63) is 48.5 Å². The quantitative estimate of drug-likeness (QED) is 0.605. The molecule has 2 heteroatoms. The molecule has 0 atom stereocenters. The normalized spacial score (nSPS) is 15.9. The maximum Gasteiger partial charge on any atom is 0.0730 e. The van der Waals surface area contributed by atoms with Crippen molar-refractivity contribution in [1.82, 2.24) is 4.98 Å². The van der Waals surface area contributed by atoms with Gasteiger partial charge >= 0.3 is 0 Å². The van der Waals surface area contributed by atoms with E-state index in [0.29, 0.717) is 0 Å². The molecule has 0 bridgehead atoms. The number of para-hydroxylation sites is 2. The molecule has 1 aliphatic heterocycles. The lowest BCUT2D eigenvalue weighted by molar-refractivity contribution is 0.580. The van der Waals surface area contributed by atoms with Crippen molar-refractivity contribution in [2.24, 2.45) is 0 Å². The fourth-order valence-electron chi connectivity index (χ4n) is 3.28. The standard InChI is InChI=1S/C18H18N2/c1-6-12-20(13-7-1)18-14-8-2-4-10-16(14)19-17-11-5-3-9-15(17)18/h2-5,8-11H,1,6-7,12-13H2. The van der Waals surface area contributed by atoms with E-state index in [-0.39, 0.29) is 0 Å². The van der Waals surface area contributed by atoms with Crippen LogP contribution in [0.2, 0.25) is 0 Å². The minimum absolute atomic E-state index is 1.10. The molecule has 3 aromatic rings. The van der Waals surface area contributed by atoms with Gasteiger partial charge in [-0.3, -0.25) is 0 Å². The number of piperidine rings is 1. The summed E-state index contributed by atoms with van der Waals surface area (Å²) in [6.07, 6.45) is 3.95. The van der Waals surface area contributed by atoms with Gasteiger partial charge in [0.15, 0.2) is 0 Å². The Bertz CT molecular complexity index is 704. The lowest BCUT2D eigenvalue weighted by atomic mass is 10.0. The first-order valence-corrected chi connectivity index (χ1v) is 7.46. The van der Waals surface area contributed by atoms with Crippen LogP contribution in [0.25, 0.3) is 21.8 Å². The Morgan fingerprint density at radius 2 is 1.25 bits per heavy atom. The molecule has 100 valence electrons. The third kappa shape index (κ3) is 1.83. The van der Waals surface area contributed by atoms with Crippen LogP contribution in [0, 0.1) is 0 Å². The summed E-state index contributed by atoms with van der Waals surface area (Å²) in [7, 11) is 0. The number of nitrogens with zero attached hydrogens (tertiary/aromatic N) is 2. The van der Waals surface area contributed by atoms with Crippen molar-refractivity contribution in [2.75, 3.05) is 18.0 Å². The van der Waals surface area contributed by atoms with Crippen LogP contribution in [-0.4, -0.2) is 18.1 Å². The van der Waals surface area contributed by atoms with Crippen molar-refractivity contribution < 1.29 is 0 Å². The zero-order chi connectivity index (χ0) is 13.4. The topological polar surface area (TPSA) is 16.1 Å². The summed E-state index contributed by atoms with van der Waals surface area (Å²) < 4.78 is 0. The third-order valence-corrected chi connectivity index (χ3v) is 4.23. The van der Waals surface area contributed by atoms with Gasteiger partial charge in [0.2, 0.25) is 0 Å². The van der Waals surface area contributed by atoms with Crippen LogP contribution in [0.5, 0.6) is 0 Å². The van der Waals surface area contributed by atoms with Crippen molar-refractivity contribution >= 4 is 27.5 Å². The molecule has 20 heavy (non-hydrogen) atoms. The number of aromatic nitrogens is 1. The van der Waals surface area contributed by atoms with E-state index in [1.54, 1.807) is 0 Å². The first kappa shape index (κ1) is 11.7. The van der Waals surface area contributed by atoms with Gasteiger partial charge in [0.1, 0.15) is 0 Å². The molecule has 0 amide bonds. The zero-order valence-corrected chi connectivity index (χ0v) is 11.5. The molecule has 0 spiro atoms. The van der Waals surface area contributed by atoms with Gasteiger partial charge in [0, 0.05) is 23.9 Å². The fraction of sp³-hybridized carbons (Fsp3) is 0.278. The van der Waals surface area contributed by atoms with Crippen molar-refractivity contribution in [2.45, 2.75) is 19.3 Å². The van der Waals surface area contributed by atoms with Crippen LogP contribution in [0.15, 0.2) is 48.5 Å². The number of fused-ring (bicyclic) bond motifs is 2. The molecule has 1 aromatic heterocycles. The highest BCUT2D eigenvalue weighted by atomic mass is 15.1. The lowest BCUT2D eigenvalue weighted by Gasteiger charge is -2.30. The molecule has 0 saturated carbocycles. The Kier molecular flexibility index (Phi) is 2.80. The van der Waals surface area contributed by atoms with Gasteiger partial charge in [0.25, 0.3) is 0 Å². The van der Waals surface area contributed by atoms with Gasteiger partial charge in [-0.05, 0) is 31.4 Å². The SMILES string of the molecule is c1ccc2c(N3CCCCC3)c3ccccc3nc2c1. The van der Waals surface area contributed by atoms with E-state index in [4.69, 9.17) is 4.98 Å². The average Bonchev–Trinajstić information content (AvgIpc) is 2.53. The first-order chi connectivity index (χ1) is 9.93. The summed E-state index contributed by atoms with van der Waals surface area (Å²) in [5, 5.41) is 2.57. The second kappa shape index (κ2) is 4.78. The van der Waals surface area contributed by atoms with E-state index >= 15 is 0 Å². The Balaban J connectivity index is 2.06. The van der Waals surface area contributed by atoms with Crippen LogP contribution >= 0.6 is 0 Å². The largest absolute Gasteiger partial charge is 0.370 e. The molecule has 2 nitrogen and oxygen atoms in total. The van der Waals surface area contributed by atoms with Crippen LogP contribution in [0.4, 0.5) is 5.69 Å². The summed E-state index contributed by atoms with van der Waals surface area (Å²) >= 11 is 0. The molecule has 1 saturated heterocycles. The number of hydrogen-bond donors (Lipinski definition) is 0. The van der Waals surface area contributed by atoms with Crippen molar-refractivity contribution in [3.63, 3.8) is 0 Å². The van der Waals surface area contributed by atoms with Gasteiger partial charge in [-0.1, -0.05) is 36.4 Å². The predicted octanol–water partition coefficient (Wildman–Crippen LogP) is 4.38. The molecule has 0 aliphatic carbocycles. The molecule has 2 heterocycles. The molecular weight excluding hydrogens is 244 g/mol. The van der Waals surface area contributed by atoms with Gasteiger partial charge in [-0.15, -0.1) is 0 Å². The van der Waals surface area contributed by atoms with E-state index in [2.05, 4.69) is 53.4 Å². The molecule has 0 N–H and O–H groups in total. The van der Waals surface area contributed by atoms with E-state index in [9.17, 15) is 0 Å². The molecular formula is C18H18N2. The summed E-state index contributed by atoms with van der Waals surface area (Å²) in [5.74, 6) is 0. The third-order valence-electron chi connectivity index (χ3n) is 4.23. The number of pyridine rings is 1. The Morgan fingerprint density at radius 1 is 0.700 bits per heavy atom. The Labute approximate surface area is 119 Å². The first-order valence-electron chi connectivity index (χ1n) is 7.46. The van der Waals surface area contributed by atoms with Crippen LogP contribution in [0.3, 0.4) is 0 Å². The van der Waals surface area contributed by atoms with Gasteiger partial charge in [-0.2, -0.15) is 0 Å². The second-order valence-corrected chi connectivity index (χ2v) is 5.54. The van der Waals surface area contributed by atoms with Crippen LogP contribution < -0.4 is 4.90 Å². The highest BCUT2D eigenvalue weighted by molar-refractivity contribution is 6.07. The molecule has 0 radical (unpaired) electrons. The molecule has 4 rings (SSSR count). The molecule has 2 aromatic carbocycles. The minimum atomic E-state index is 1.10. The molecule has 0 unspecified atom stereocenters. The predicted molar refractivity (Wildman–Crippen MR) is 85.3 cm³/mol. The highest BCUT2D eigenvalue weighted by Crippen LogP contribution is 2.34. The molecule has 1 fully saturated rings. The minimum Gasteiger partial charge on any atom is -0.370 e. The average molecular weight is 262 g/mol. The highest BCUT2D eigenvalue weighted by Gasteiger charge is 2.17. The van der Waals surface area contributed by atoms with E-state index in [1.165, 1.54) is 35.7 Å². The van der Waals surface area contributed by atoms with Gasteiger partial charge in [0.05, 0.1) is 16.7 Å². The molecule has 1 aliphatic rings. The van der Waals surface area contributed by atoms with Gasteiger partial charge in [-0.25, -0.2) is 4.98 Å². The Hall–Kier alpha value is -2.09. The summed E-state index contributed by atoms with van der Waals surface area (Å²) in [5.41, 5.74) is 3.59. The van der Waals surface area contributed by atoms with Crippen LogP contribution in [-0.2, 0) is 0 Å². The maximum atomic E-state index is 4.81. The van der Waals surface area contributed by atoms with Crippen molar-refractivity contribution in [1.29, 1.82) is 0 Å². The monoisotopic (exact) mass is 262 g/mol. The Morgan fingerprint density at radius 3 is 1.85 bits per heavy atom. The number of anilines is 1. The summed E-state index contributed by atoms with van der Waals surface area (Å²) in [6.45, 7) is 2.33. The van der Waals surface area contributed by atoms with Crippen molar-refractivity contribution in [3.8, 4) is 0 Å². The van der Waals surface area contributed by atoms with E-state index in [1.807, 2.05) is 0 Å². The number of hydrogen-bond acceptors (Lipinski definition) is 2. The van der Waals surface area contributed by atoms with E-state index in [0.717, 1.165) is 24.1 Å². The summed E-state index contributed by atoms with van der Waals surface area (Å²) in [4.78, 5) is 7.36. The smallest absolute Gasteiger partial charge is 0.0730 e. The number of benzene rings is 2. The van der Waals surface area contributed by atoms with Gasteiger partial charge < -0.3 is 4.90 Å². The lowest BCUT2D eigenvalue weighted by Crippen LogP contribution is -2.29. The maximum absolute atomic E-state index is 4.81.